The summed E-state index contributed by atoms with van der Waals surface area (Å²) in [5, 5.41) is 9.22. The maximum atomic E-state index is 12.4. The third-order valence-electron chi connectivity index (χ3n) is 5.95. The molecule has 3 amide bonds. The van der Waals surface area contributed by atoms with Gasteiger partial charge < -0.3 is 29.6 Å². The van der Waals surface area contributed by atoms with Crippen LogP contribution in [0.15, 0.2) is 59.7 Å². The summed E-state index contributed by atoms with van der Waals surface area (Å²) in [7, 11) is 4.56. The van der Waals surface area contributed by atoms with Crippen LogP contribution in [0.3, 0.4) is 0 Å². The normalized spacial score (nSPS) is 10.6. The van der Waals surface area contributed by atoms with Crippen LogP contribution < -0.4 is 35.0 Å². The van der Waals surface area contributed by atoms with Gasteiger partial charge in [0.05, 0.1) is 27.5 Å². The zero-order valence-corrected chi connectivity index (χ0v) is 23.7. The summed E-state index contributed by atoms with van der Waals surface area (Å²) in [6.07, 6.45) is 1.85. The van der Waals surface area contributed by atoms with E-state index in [0.717, 1.165) is 22.4 Å². The van der Waals surface area contributed by atoms with Gasteiger partial charge in [-0.3, -0.25) is 14.4 Å². The number of aryl methyl sites for hydroxylation is 2. The van der Waals surface area contributed by atoms with Crippen molar-refractivity contribution in [1.82, 2.24) is 10.7 Å². The number of ether oxygens (including phenoxy) is 4. The first-order valence-electron chi connectivity index (χ1n) is 12.7. The third-order valence-corrected chi connectivity index (χ3v) is 5.95. The van der Waals surface area contributed by atoms with E-state index in [9.17, 15) is 14.4 Å². The number of hydrogen-bond acceptors (Lipinski definition) is 8. The van der Waals surface area contributed by atoms with Crippen LogP contribution in [0, 0.1) is 13.8 Å². The maximum absolute atomic E-state index is 12.4. The molecule has 3 aromatic rings. The molecule has 0 unspecified atom stereocenters. The molecular formula is C30H34N4O7. The molecule has 0 saturated carbocycles. The molecule has 3 rings (SSSR count). The molecule has 0 aliphatic carbocycles. The van der Waals surface area contributed by atoms with Gasteiger partial charge in [-0.2, -0.15) is 5.10 Å². The van der Waals surface area contributed by atoms with Gasteiger partial charge in [0, 0.05) is 12.2 Å². The van der Waals surface area contributed by atoms with Crippen LogP contribution in [0.5, 0.6) is 23.0 Å². The van der Waals surface area contributed by atoms with Crippen molar-refractivity contribution in [2.24, 2.45) is 5.10 Å². The Hall–Kier alpha value is -5.06. The molecule has 3 N–H and O–H groups in total. The van der Waals surface area contributed by atoms with Crippen molar-refractivity contribution in [3.05, 3.63) is 76.9 Å². The molecule has 216 valence electrons. The second kappa shape index (κ2) is 14.9. The van der Waals surface area contributed by atoms with Crippen molar-refractivity contribution in [2.75, 3.05) is 39.8 Å². The highest BCUT2D eigenvalue weighted by Gasteiger charge is 2.13. The number of anilines is 1. The van der Waals surface area contributed by atoms with Crippen LogP contribution in [0.1, 0.15) is 22.3 Å². The van der Waals surface area contributed by atoms with Crippen LogP contribution in [0.25, 0.3) is 0 Å². The predicted molar refractivity (Wildman–Crippen MR) is 155 cm³/mol. The summed E-state index contributed by atoms with van der Waals surface area (Å²) >= 11 is 0. The molecule has 0 aromatic heterocycles. The van der Waals surface area contributed by atoms with E-state index in [1.165, 1.54) is 13.3 Å². The number of hydrazone groups is 1. The number of nitrogens with one attached hydrogen (secondary N) is 3. The molecule has 0 spiro atoms. The Balaban J connectivity index is 1.47. The van der Waals surface area contributed by atoms with Gasteiger partial charge >= 0.3 is 11.8 Å². The largest absolute Gasteiger partial charge is 0.493 e. The molecule has 11 heteroatoms. The standard InChI is InChI=1S/C30H34N4O7/c1-19-6-7-20(2)23(14-19)33-28(35)18-41-25-11-9-22(16-27(25)40-5)17-32-34-30(37)29(36)31-13-12-21-8-10-24(38-3)26(15-21)39-4/h6-11,14-17H,12-13,18H2,1-5H3,(H,31,36)(H,33,35)(H,34,37)/b32-17-. The second-order valence-corrected chi connectivity index (χ2v) is 8.96. The summed E-state index contributed by atoms with van der Waals surface area (Å²) in [4.78, 5) is 36.6. The van der Waals surface area contributed by atoms with E-state index in [2.05, 4.69) is 21.2 Å². The Labute approximate surface area is 238 Å². The molecule has 41 heavy (non-hydrogen) atoms. The Morgan fingerprint density at radius 1 is 0.805 bits per heavy atom. The maximum Gasteiger partial charge on any atom is 0.329 e. The molecule has 0 fully saturated rings. The zero-order valence-electron chi connectivity index (χ0n) is 23.7. The zero-order chi connectivity index (χ0) is 29.8. The lowest BCUT2D eigenvalue weighted by Gasteiger charge is -2.12. The third kappa shape index (κ3) is 8.99. The van der Waals surface area contributed by atoms with Gasteiger partial charge in [-0.15, -0.1) is 0 Å². The SMILES string of the molecule is COc1ccc(CCNC(=O)C(=O)N/N=C\c2ccc(OCC(=O)Nc3cc(C)ccc3C)c(OC)c2)cc1OC. The second-order valence-electron chi connectivity index (χ2n) is 8.96. The molecule has 0 aliphatic rings. The van der Waals surface area contributed by atoms with Crippen LogP contribution >= 0.6 is 0 Å². The molecular weight excluding hydrogens is 528 g/mol. The minimum absolute atomic E-state index is 0.214. The average molecular weight is 563 g/mol. The minimum Gasteiger partial charge on any atom is -0.493 e. The Bertz CT molecular complexity index is 1420. The highest BCUT2D eigenvalue weighted by Crippen LogP contribution is 2.28. The van der Waals surface area contributed by atoms with E-state index in [1.807, 2.05) is 38.1 Å². The van der Waals surface area contributed by atoms with E-state index < -0.39 is 11.8 Å². The number of carbonyl (C=O) groups is 3. The molecule has 0 saturated heterocycles. The van der Waals surface area contributed by atoms with Crippen LogP contribution in [0.4, 0.5) is 5.69 Å². The summed E-state index contributed by atoms with van der Waals surface area (Å²) in [6, 6.07) is 16.1. The summed E-state index contributed by atoms with van der Waals surface area (Å²) < 4.78 is 21.5. The summed E-state index contributed by atoms with van der Waals surface area (Å²) in [5.74, 6) is -0.118. The Kier molecular flexibility index (Phi) is 11.1. The molecule has 3 aromatic carbocycles. The predicted octanol–water partition coefficient (Wildman–Crippen LogP) is 3.16. The van der Waals surface area contributed by atoms with E-state index in [0.29, 0.717) is 35.0 Å². The van der Waals surface area contributed by atoms with Gasteiger partial charge in [0.2, 0.25) is 0 Å². The lowest BCUT2D eigenvalue weighted by atomic mass is 10.1. The number of hydrogen-bond donors (Lipinski definition) is 3. The van der Waals surface area contributed by atoms with Crippen LogP contribution in [0.2, 0.25) is 0 Å². The topological polar surface area (TPSA) is 137 Å². The first kappa shape index (κ1) is 30.5. The highest BCUT2D eigenvalue weighted by molar-refractivity contribution is 6.35. The van der Waals surface area contributed by atoms with Crippen molar-refractivity contribution in [3.63, 3.8) is 0 Å². The van der Waals surface area contributed by atoms with Gasteiger partial charge in [0.1, 0.15) is 0 Å². The molecule has 0 radical (unpaired) electrons. The molecule has 11 nitrogen and oxygen atoms in total. The summed E-state index contributed by atoms with van der Waals surface area (Å²) in [6.45, 7) is 3.89. The van der Waals surface area contributed by atoms with E-state index in [1.54, 1.807) is 44.6 Å². The van der Waals surface area contributed by atoms with Gasteiger partial charge in [-0.1, -0.05) is 18.2 Å². The van der Waals surface area contributed by atoms with E-state index in [4.69, 9.17) is 18.9 Å². The lowest BCUT2D eigenvalue weighted by Crippen LogP contribution is -2.38. The smallest absolute Gasteiger partial charge is 0.329 e. The van der Waals surface area contributed by atoms with Crippen molar-refractivity contribution in [2.45, 2.75) is 20.3 Å². The number of benzene rings is 3. The Morgan fingerprint density at radius 3 is 2.24 bits per heavy atom. The fourth-order valence-corrected chi connectivity index (χ4v) is 3.74. The number of amides is 3. The van der Waals surface area contributed by atoms with Gasteiger partial charge in [0.15, 0.2) is 29.6 Å². The molecule has 0 atom stereocenters. The lowest BCUT2D eigenvalue weighted by molar-refractivity contribution is -0.139. The molecule has 0 heterocycles. The Morgan fingerprint density at radius 2 is 1.51 bits per heavy atom. The van der Waals surface area contributed by atoms with Gasteiger partial charge in [-0.25, -0.2) is 5.43 Å². The average Bonchev–Trinajstić information content (AvgIpc) is 2.97. The highest BCUT2D eigenvalue weighted by atomic mass is 16.5. The van der Waals surface area contributed by atoms with Crippen LogP contribution in [-0.4, -0.2) is 58.4 Å². The van der Waals surface area contributed by atoms with Crippen molar-refractivity contribution in [1.29, 1.82) is 0 Å². The van der Waals surface area contributed by atoms with E-state index in [-0.39, 0.29) is 19.1 Å². The van der Waals surface area contributed by atoms with Crippen LogP contribution in [-0.2, 0) is 20.8 Å². The van der Waals surface area contributed by atoms with Gasteiger partial charge in [-0.05, 0) is 78.9 Å². The first-order valence-corrected chi connectivity index (χ1v) is 12.7. The number of methoxy groups -OCH3 is 3. The number of rotatable bonds is 12. The monoisotopic (exact) mass is 562 g/mol. The fourth-order valence-electron chi connectivity index (χ4n) is 3.74. The molecule has 0 bridgehead atoms. The van der Waals surface area contributed by atoms with Crippen molar-refractivity contribution >= 4 is 29.6 Å². The first-order chi connectivity index (χ1) is 19.7. The van der Waals surface area contributed by atoms with Crippen molar-refractivity contribution in [3.8, 4) is 23.0 Å². The van der Waals surface area contributed by atoms with Gasteiger partial charge in [0.25, 0.3) is 5.91 Å². The number of carbonyl (C=O) groups excluding carboxylic acids is 3. The van der Waals surface area contributed by atoms with Crippen molar-refractivity contribution < 1.29 is 33.3 Å². The molecule has 0 aliphatic heterocycles. The van der Waals surface area contributed by atoms with E-state index >= 15 is 0 Å². The fraction of sp³-hybridized carbons (Fsp3) is 0.267. The summed E-state index contributed by atoms with van der Waals surface area (Å²) in [5.41, 5.74) is 6.39. The quantitative estimate of drug-likeness (QED) is 0.175. The minimum atomic E-state index is -0.907. The number of nitrogens with zero attached hydrogens (tertiary/aromatic N) is 1.